The molecule has 3 rings (SSSR count). The number of rotatable bonds is 5. The Morgan fingerprint density at radius 1 is 1.15 bits per heavy atom. The van der Waals surface area contributed by atoms with E-state index in [9.17, 15) is 13.5 Å². The summed E-state index contributed by atoms with van der Waals surface area (Å²) in [6.45, 7) is 1.56. The Hall–Kier alpha value is -2.42. The molecule has 8 heteroatoms. The number of methoxy groups -OCH3 is 1. The maximum Gasteiger partial charge on any atom is 0.243 e. The third kappa shape index (κ3) is 4.04. The summed E-state index contributed by atoms with van der Waals surface area (Å²) in [4.78, 5) is 4.57. The van der Waals surface area contributed by atoms with Crippen molar-refractivity contribution in [3.05, 3.63) is 48.0 Å². The largest absolute Gasteiger partial charge is 0.504 e. The highest BCUT2D eigenvalue weighted by Gasteiger charge is 2.25. The monoisotopic (exact) mass is 376 g/mol. The Morgan fingerprint density at radius 2 is 1.85 bits per heavy atom. The fourth-order valence-electron chi connectivity index (χ4n) is 2.56. The lowest BCUT2D eigenvalue weighted by Crippen LogP contribution is -2.40. The van der Waals surface area contributed by atoms with E-state index in [1.54, 1.807) is 42.6 Å². The normalized spacial score (nSPS) is 16.0. The molecule has 0 bridgehead atoms. The van der Waals surface area contributed by atoms with E-state index in [1.807, 2.05) is 0 Å². The van der Waals surface area contributed by atoms with Gasteiger partial charge in [0, 0.05) is 19.3 Å². The van der Waals surface area contributed by atoms with Crippen molar-refractivity contribution in [3.8, 4) is 11.5 Å². The average Bonchev–Trinajstić information content (AvgIpc) is 2.68. The molecule has 0 radical (unpaired) electrons. The molecule has 1 fully saturated rings. The molecule has 0 amide bonds. The van der Waals surface area contributed by atoms with E-state index in [0.717, 1.165) is 5.56 Å². The van der Waals surface area contributed by atoms with Crippen molar-refractivity contribution in [2.75, 3.05) is 33.4 Å². The van der Waals surface area contributed by atoms with Gasteiger partial charge in [-0.15, -0.1) is 0 Å². The first-order valence-electron chi connectivity index (χ1n) is 8.10. The van der Waals surface area contributed by atoms with E-state index in [4.69, 9.17) is 9.47 Å². The molecule has 26 heavy (non-hydrogen) atoms. The number of hydrogen-bond donors (Lipinski definition) is 1. The van der Waals surface area contributed by atoms with Crippen LogP contribution in [0, 0.1) is 0 Å². The average molecular weight is 376 g/mol. The topological polar surface area (TPSA) is 88.4 Å². The standard InChI is InChI=1S/C18H20N2O5S/c1-24-18-12-14(2-7-17(18)21)13-19-15-3-5-16(6-4-15)26(22,23)20-8-10-25-11-9-20/h2-7,12-13,21H,8-11H2,1H3. The fourth-order valence-corrected chi connectivity index (χ4v) is 3.97. The van der Waals surface area contributed by atoms with Gasteiger partial charge in [-0.2, -0.15) is 4.31 Å². The summed E-state index contributed by atoms with van der Waals surface area (Å²) in [6.07, 6.45) is 1.62. The second-order valence-electron chi connectivity index (χ2n) is 5.70. The summed E-state index contributed by atoms with van der Waals surface area (Å²) < 4.78 is 36.8. The molecule has 1 heterocycles. The molecule has 2 aromatic carbocycles. The molecule has 1 aliphatic heterocycles. The van der Waals surface area contributed by atoms with E-state index in [-0.39, 0.29) is 10.6 Å². The Balaban J connectivity index is 1.75. The molecule has 0 atom stereocenters. The van der Waals surface area contributed by atoms with E-state index in [1.165, 1.54) is 17.5 Å². The molecule has 0 aliphatic carbocycles. The first-order valence-corrected chi connectivity index (χ1v) is 9.54. The number of hydrogen-bond acceptors (Lipinski definition) is 6. The van der Waals surface area contributed by atoms with Gasteiger partial charge in [0.1, 0.15) is 0 Å². The summed E-state index contributed by atoms with van der Waals surface area (Å²) in [7, 11) is -2.03. The molecule has 1 saturated heterocycles. The van der Waals surface area contributed by atoms with Crippen LogP contribution in [0.1, 0.15) is 5.56 Å². The van der Waals surface area contributed by atoms with E-state index in [2.05, 4.69) is 4.99 Å². The van der Waals surface area contributed by atoms with Crippen LogP contribution in [-0.4, -0.2) is 57.5 Å². The number of phenols is 1. The van der Waals surface area contributed by atoms with E-state index >= 15 is 0 Å². The molecule has 0 spiro atoms. The number of aromatic hydroxyl groups is 1. The van der Waals surface area contributed by atoms with Crippen molar-refractivity contribution in [3.63, 3.8) is 0 Å². The van der Waals surface area contributed by atoms with Crippen LogP contribution >= 0.6 is 0 Å². The second-order valence-corrected chi connectivity index (χ2v) is 7.64. The maximum atomic E-state index is 12.6. The SMILES string of the molecule is COc1cc(C=Nc2ccc(S(=O)(=O)N3CCOCC3)cc2)ccc1O. The van der Waals surface area contributed by atoms with Crippen molar-refractivity contribution in [1.82, 2.24) is 4.31 Å². The third-order valence-electron chi connectivity index (χ3n) is 4.01. The van der Waals surface area contributed by atoms with Crippen LogP contribution in [0.3, 0.4) is 0 Å². The number of morpholine rings is 1. The summed E-state index contributed by atoms with van der Waals surface area (Å²) in [5, 5.41) is 9.60. The molecule has 138 valence electrons. The highest BCUT2D eigenvalue weighted by molar-refractivity contribution is 7.89. The van der Waals surface area contributed by atoms with Gasteiger partial charge in [0.15, 0.2) is 11.5 Å². The lowest BCUT2D eigenvalue weighted by atomic mass is 10.2. The van der Waals surface area contributed by atoms with Gasteiger partial charge in [0.2, 0.25) is 10.0 Å². The molecular formula is C18H20N2O5S. The number of nitrogens with zero attached hydrogens (tertiary/aromatic N) is 2. The predicted octanol–water partition coefficient (Wildman–Crippen LogP) is 2.17. The minimum atomic E-state index is -3.50. The third-order valence-corrected chi connectivity index (χ3v) is 5.92. The van der Waals surface area contributed by atoms with Crippen LogP contribution in [-0.2, 0) is 14.8 Å². The number of phenolic OH excluding ortho intramolecular Hbond substituents is 1. The van der Waals surface area contributed by atoms with Gasteiger partial charge < -0.3 is 14.6 Å². The van der Waals surface area contributed by atoms with E-state index < -0.39 is 10.0 Å². The molecular weight excluding hydrogens is 356 g/mol. The summed E-state index contributed by atoms with van der Waals surface area (Å²) >= 11 is 0. The number of aliphatic imine (C=N–C) groups is 1. The van der Waals surface area contributed by atoms with Gasteiger partial charge >= 0.3 is 0 Å². The lowest BCUT2D eigenvalue weighted by molar-refractivity contribution is 0.0730. The minimum absolute atomic E-state index is 0.0577. The van der Waals surface area contributed by atoms with Crippen molar-refractivity contribution in [2.45, 2.75) is 4.90 Å². The predicted molar refractivity (Wildman–Crippen MR) is 97.9 cm³/mol. The fraction of sp³-hybridized carbons (Fsp3) is 0.278. The van der Waals surface area contributed by atoms with Crippen LogP contribution in [0.25, 0.3) is 0 Å². The van der Waals surface area contributed by atoms with Gasteiger partial charge in [-0.3, -0.25) is 4.99 Å². The summed E-state index contributed by atoms with van der Waals surface area (Å²) in [6, 6.07) is 11.3. The van der Waals surface area contributed by atoms with Gasteiger partial charge in [-0.05, 0) is 48.0 Å². The first kappa shape index (κ1) is 18.4. The summed E-state index contributed by atoms with van der Waals surface area (Å²) in [5.74, 6) is 0.420. The number of benzene rings is 2. The Kier molecular flexibility index (Phi) is 5.55. The quantitative estimate of drug-likeness (QED) is 0.808. The smallest absolute Gasteiger partial charge is 0.243 e. The van der Waals surface area contributed by atoms with Crippen LogP contribution in [0.15, 0.2) is 52.4 Å². The van der Waals surface area contributed by atoms with Crippen LogP contribution < -0.4 is 4.74 Å². The van der Waals surface area contributed by atoms with Crippen LogP contribution in [0.2, 0.25) is 0 Å². The van der Waals surface area contributed by atoms with Crippen molar-refractivity contribution in [1.29, 1.82) is 0 Å². The summed E-state index contributed by atoms with van der Waals surface area (Å²) in [5.41, 5.74) is 1.38. The zero-order valence-corrected chi connectivity index (χ0v) is 15.1. The zero-order valence-electron chi connectivity index (χ0n) is 14.3. The second kappa shape index (κ2) is 7.86. The Bertz CT molecular complexity index is 888. The Labute approximate surface area is 152 Å². The number of ether oxygens (including phenoxy) is 2. The van der Waals surface area contributed by atoms with Crippen LogP contribution in [0.4, 0.5) is 5.69 Å². The first-order chi connectivity index (χ1) is 12.5. The molecule has 0 saturated carbocycles. The van der Waals surface area contributed by atoms with E-state index in [0.29, 0.717) is 37.7 Å². The van der Waals surface area contributed by atoms with Gasteiger partial charge in [0.25, 0.3) is 0 Å². The highest BCUT2D eigenvalue weighted by Crippen LogP contribution is 2.26. The van der Waals surface area contributed by atoms with Gasteiger partial charge in [0.05, 0.1) is 30.9 Å². The molecule has 0 aromatic heterocycles. The molecule has 7 nitrogen and oxygen atoms in total. The van der Waals surface area contributed by atoms with Crippen molar-refractivity contribution in [2.24, 2.45) is 4.99 Å². The molecule has 2 aromatic rings. The zero-order chi connectivity index (χ0) is 18.6. The number of sulfonamides is 1. The molecule has 1 N–H and O–H groups in total. The minimum Gasteiger partial charge on any atom is -0.504 e. The Morgan fingerprint density at radius 3 is 2.50 bits per heavy atom. The maximum absolute atomic E-state index is 12.6. The van der Waals surface area contributed by atoms with Gasteiger partial charge in [-0.1, -0.05) is 0 Å². The molecule has 1 aliphatic rings. The van der Waals surface area contributed by atoms with Crippen LogP contribution in [0.5, 0.6) is 11.5 Å². The molecule has 0 unspecified atom stereocenters. The van der Waals surface area contributed by atoms with Crippen molar-refractivity contribution >= 4 is 21.9 Å². The van der Waals surface area contributed by atoms with Crippen molar-refractivity contribution < 1.29 is 23.0 Å². The highest BCUT2D eigenvalue weighted by atomic mass is 32.2. The van der Waals surface area contributed by atoms with Gasteiger partial charge in [-0.25, -0.2) is 8.42 Å². The lowest BCUT2D eigenvalue weighted by Gasteiger charge is -2.26.